The minimum atomic E-state index is 0.779. The summed E-state index contributed by atoms with van der Waals surface area (Å²) in [7, 11) is 0. The van der Waals surface area contributed by atoms with Crippen molar-refractivity contribution in [3.05, 3.63) is 85.2 Å². The summed E-state index contributed by atoms with van der Waals surface area (Å²) in [5.74, 6) is 0.951. The maximum atomic E-state index is 6.03. The molecule has 0 aliphatic carbocycles. The highest BCUT2D eigenvalue weighted by Crippen LogP contribution is 2.37. The second kappa shape index (κ2) is 9.40. The first-order valence-electron chi connectivity index (χ1n) is 11.5. The highest BCUT2D eigenvalue weighted by molar-refractivity contribution is 5.94. The van der Waals surface area contributed by atoms with Crippen molar-refractivity contribution in [2.24, 2.45) is 0 Å². The number of benzene rings is 2. The van der Waals surface area contributed by atoms with E-state index in [2.05, 4.69) is 94.5 Å². The monoisotopic (exact) mass is 410 g/mol. The summed E-state index contributed by atoms with van der Waals surface area (Å²) in [4.78, 5) is 2.57. The van der Waals surface area contributed by atoms with Crippen molar-refractivity contribution in [3.63, 3.8) is 0 Å². The number of rotatable bonds is 7. The zero-order valence-electron chi connectivity index (χ0n) is 18.0. The van der Waals surface area contributed by atoms with Gasteiger partial charge in [-0.25, -0.2) is 0 Å². The molecule has 31 heavy (non-hydrogen) atoms. The molecule has 1 aliphatic heterocycles. The lowest BCUT2D eigenvalue weighted by Gasteiger charge is -2.26. The molecule has 0 bridgehead atoms. The SMILES string of the molecule is c1ccc(-c2c(-c3ccc(OCCCN4CCCCC4)cc3)cn3ccccc23)cc1. The Balaban J connectivity index is 1.32. The molecule has 4 aromatic rings. The smallest absolute Gasteiger partial charge is 0.119 e. The zero-order valence-corrected chi connectivity index (χ0v) is 18.0. The van der Waals surface area contributed by atoms with Crippen molar-refractivity contribution >= 4 is 5.52 Å². The Kier molecular flexibility index (Phi) is 6.03. The Hall–Kier alpha value is -3.04. The van der Waals surface area contributed by atoms with Gasteiger partial charge in [0.15, 0.2) is 0 Å². The van der Waals surface area contributed by atoms with Crippen LogP contribution in [0.25, 0.3) is 27.8 Å². The van der Waals surface area contributed by atoms with Crippen molar-refractivity contribution in [3.8, 4) is 28.0 Å². The third kappa shape index (κ3) is 4.52. The minimum absolute atomic E-state index is 0.779. The first-order valence-corrected chi connectivity index (χ1v) is 11.5. The van der Waals surface area contributed by atoms with Crippen molar-refractivity contribution in [2.45, 2.75) is 25.7 Å². The molecule has 2 aromatic heterocycles. The lowest BCUT2D eigenvalue weighted by atomic mass is 9.97. The molecular formula is C28H30N2O. The second-order valence-corrected chi connectivity index (χ2v) is 8.41. The van der Waals surface area contributed by atoms with Crippen molar-refractivity contribution in [1.82, 2.24) is 9.30 Å². The summed E-state index contributed by atoms with van der Waals surface area (Å²) in [5, 5.41) is 0. The summed E-state index contributed by atoms with van der Waals surface area (Å²) in [5.41, 5.74) is 6.19. The van der Waals surface area contributed by atoms with Gasteiger partial charge in [-0.15, -0.1) is 0 Å². The average molecular weight is 411 g/mol. The lowest BCUT2D eigenvalue weighted by Crippen LogP contribution is -2.31. The number of hydrogen-bond donors (Lipinski definition) is 0. The van der Waals surface area contributed by atoms with Crippen molar-refractivity contribution in [2.75, 3.05) is 26.2 Å². The van der Waals surface area contributed by atoms with Crippen molar-refractivity contribution < 1.29 is 4.74 Å². The number of piperidine rings is 1. The van der Waals surface area contributed by atoms with Crippen LogP contribution in [0.5, 0.6) is 5.75 Å². The van der Waals surface area contributed by atoms with Crippen LogP contribution in [0.3, 0.4) is 0 Å². The Morgan fingerprint density at radius 1 is 0.742 bits per heavy atom. The van der Waals surface area contributed by atoms with Gasteiger partial charge in [0.2, 0.25) is 0 Å². The number of fused-ring (bicyclic) bond motifs is 1. The molecule has 1 fully saturated rings. The number of aromatic nitrogens is 1. The molecule has 0 N–H and O–H groups in total. The number of likely N-dealkylation sites (tertiary alicyclic amines) is 1. The highest BCUT2D eigenvalue weighted by atomic mass is 16.5. The molecule has 5 rings (SSSR count). The number of hydrogen-bond acceptors (Lipinski definition) is 2. The van der Waals surface area contributed by atoms with Gasteiger partial charge in [0, 0.05) is 30.1 Å². The van der Waals surface area contributed by atoms with E-state index in [-0.39, 0.29) is 0 Å². The Morgan fingerprint density at radius 2 is 1.52 bits per heavy atom. The van der Waals surface area contributed by atoms with E-state index in [1.165, 1.54) is 60.1 Å². The normalized spacial score (nSPS) is 14.7. The molecule has 3 heterocycles. The predicted molar refractivity (Wildman–Crippen MR) is 129 cm³/mol. The van der Waals surface area contributed by atoms with E-state index < -0.39 is 0 Å². The van der Waals surface area contributed by atoms with Gasteiger partial charge < -0.3 is 14.0 Å². The summed E-state index contributed by atoms with van der Waals surface area (Å²) in [6, 6.07) is 25.6. The summed E-state index contributed by atoms with van der Waals surface area (Å²) in [6.07, 6.45) is 9.52. The van der Waals surface area contributed by atoms with Gasteiger partial charge in [-0.3, -0.25) is 0 Å². The molecule has 1 saturated heterocycles. The van der Waals surface area contributed by atoms with E-state index in [0.717, 1.165) is 25.3 Å². The molecule has 158 valence electrons. The topological polar surface area (TPSA) is 16.9 Å². The maximum Gasteiger partial charge on any atom is 0.119 e. The first kappa shape index (κ1) is 19.9. The third-order valence-electron chi connectivity index (χ3n) is 6.25. The number of ether oxygens (including phenoxy) is 1. The standard InChI is InChI=1S/C28H30N2O/c1-3-10-24(11-4-1)28-26(22-30-20-8-5-12-27(28)30)23-13-15-25(16-14-23)31-21-9-19-29-17-6-2-7-18-29/h1,3-5,8,10-16,20,22H,2,6-7,9,17-19,21H2. The summed E-state index contributed by atoms with van der Waals surface area (Å²) >= 11 is 0. The number of nitrogens with zero attached hydrogens (tertiary/aromatic N) is 2. The fraction of sp³-hybridized carbons (Fsp3) is 0.286. The van der Waals surface area contributed by atoms with E-state index in [1.807, 2.05) is 0 Å². The van der Waals surface area contributed by atoms with Crippen LogP contribution in [-0.4, -0.2) is 35.5 Å². The third-order valence-corrected chi connectivity index (χ3v) is 6.25. The second-order valence-electron chi connectivity index (χ2n) is 8.41. The minimum Gasteiger partial charge on any atom is -0.494 e. The molecule has 3 heteroatoms. The predicted octanol–water partition coefficient (Wildman–Crippen LogP) is 6.53. The van der Waals surface area contributed by atoms with E-state index >= 15 is 0 Å². The molecule has 0 unspecified atom stereocenters. The van der Waals surface area contributed by atoms with Crippen LogP contribution >= 0.6 is 0 Å². The molecule has 0 amide bonds. The van der Waals surface area contributed by atoms with Crippen LogP contribution in [-0.2, 0) is 0 Å². The molecule has 0 saturated carbocycles. The van der Waals surface area contributed by atoms with Crippen LogP contribution in [0.2, 0.25) is 0 Å². The molecular weight excluding hydrogens is 380 g/mol. The number of pyridine rings is 1. The molecule has 0 radical (unpaired) electrons. The Bertz CT molecular complexity index is 1110. The summed E-state index contributed by atoms with van der Waals surface area (Å²) < 4.78 is 8.24. The van der Waals surface area contributed by atoms with Gasteiger partial charge >= 0.3 is 0 Å². The highest BCUT2D eigenvalue weighted by Gasteiger charge is 2.14. The van der Waals surface area contributed by atoms with Crippen LogP contribution in [0, 0.1) is 0 Å². The molecule has 2 aromatic carbocycles. The molecule has 0 spiro atoms. The first-order chi connectivity index (χ1) is 15.4. The van der Waals surface area contributed by atoms with Gasteiger partial charge in [0.05, 0.1) is 12.1 Å². The lowest BCUT2D eigenvalue weighted by molar-refractivity contribution is 0.205. The van der Waals surface area contributed by atoms with Crippen LogP contribution < -0.4 is 4.74 Å². The van der Waals surface area contributed by atoms with Crippen LogP contribution in [0.15, 0.2) is 85.2 Å². The largest absolute Gasteiger partial charge is 0.494 e. The van der Waals surface area contributed by atoms with Gasteiger partial charge in [0.25, 0.3) is 0 Å². The Morgan fingerprint density at radius 3 is 2.32 bits per heavy atom. The van der Waals surface area contributed by atoms with E-state index in [0.29, 0.717) is 0 Å². The van der Waals surface area contributed by atoms with Crippen LogP contribution in [0.4, 0.5) is 0 Å². The maximum absolute atomic E-state index is 6.03. The summed E-state index contributed by atoms with van der Waals surface area (Å²) in [6.45, 7) is 4.44. The van der Waals surface area contributed by atoms with Gasteiger partial charge in [-0.2, -0.15) is 0 Å². The van der Waals surface area contributed by atoms with Crippen molar-refractivity contribution in [1.29, 1.82) is 0 Å². The zero-order chi connectivity index (χ0) is 20.9. The van der Waals surface area contributed by atoms with Gasteiger partial charge in [-0.1, -0.05) is 55.0 Å². The van der Waals surface area contributed by atoms with E-state index in [1.54, 1.807) is 0 Å². The Labute approximate surface area is 184 Å². The average Bonchev–Trinajstić information content (AvgIpc) is 3.23. The van der Waals surface area contributed by atoms with E-state index in [4.69, 9.17) is 4.74 Å². The molecule has 1 aliphatic rings. The molecule has 0 atom stereocenters. The van der Waals surface area contributed by atoms with Crippen LogP contribution in [0.1, 0.15) is 25.7 Å². The van der Waals surface area contributed by atoms with E-state index in [9.17, 15) is 0 Å². The molecule has 3 nitrogen and oxygen atoms in total. The fourth-order valence-electron chi connectivity index (χ4n) is 4.64. The van der Waals surface area contributed by atoms with Gasteiger partial charge in [-0.05, 0) is 67.7 Å². The quantitative estimate of drug-likeness (QED) is 0.322. The fourth-order valence-corrected chi connectivity index (χ4v) is 4.64. The van der Waals surface area contributed by atoms with Gasteiger partial charge in [0.1, 0.15) is 5.75 Å².